The quantitative estimate of drug-likeness (QED) is 0.425. The first-order chi connectivity index (χ1) is 17.1. The van der Waals surface area contributed by atoms with Crippen LogP contribution >= 0.6 is 22.9 Å². The number of nitrogens with zero attached hydrogens (tertiary/aromatic N) is 2. The lowest BCUT2D eigenvalue weighted by Gasteiger charge is -2.34. The van der Waals surface area contributed by atoms with Gasteiger partial charge in [-0.25, -0.2) is 4.98 Å². The highest BCUT2D eigenvalue weighted by molar-refractivity contribution is 7.15. The second-order valence-electron chi connectivity index (χ2n) is 9.58. The number of aromatic nitrogens is 1. The normalized spacial score (nSPS) is 19.3. The van der Waals surface area contributed by atoms with E-state index in [9.17, 15) is 4.79 Å². The Labute approximate surface area is 214 Å². The third kappa shape index (κ3) is 4.53. The van der Waals surface area contributed by atoms with Gasteiger partial charge in [0.1, 0.15) is 0 Å². The molecule has 182 valence electrons. The molecule has 3 aromatic rings. The van der Waals surface area contributed by atoms with Gasteiger partial charge in [0.15, 0.2) is 16.6 Å². The maximum absolute atomic E-state index is 13.4. The van der Waals surface area contributed by atoms with E-state index in [2.05, 4.69) is 21.3 Å². The zero-order valence-corrected chi connectivity index (χ0v) is 21.0. The van der Waals surface area contributed by atoms with Gasteiger partial charge in [-0.1, -0.05) is 42.3 Å². The highest BCUT2D eigenvalue weighted by Crippen LogP contribution is 2.51. The number of anilines is 1. The van der Waals surface area contributed by atoms with Crippen LogP contribution in [-0.2, 0) is 16.6 Å². The number of halogens is 1. The first kappa shape index (κ1) is 22.8. The number of fused-ring (bicyclic) bond motifs is 1. The Morgan fingerprint density at radius 2 is 1.91 bits per heavy atom. The molecule has 0 radical (unpaired) electrons. The van der Waals surface area contributed by atoms with Crippen LogP contribution in [0.4, 0.5) is 5.13 Å². The molecule has 8 heteroatoms. The van der Waals surface area contributed by atoms with Crippen LogP contribution in [0.1, 0.15) is 54.1 Å². The lowest BCUT2D eigenvalue weighted by molar-refractivity contribution is -0.118. The van der Waals surface area contributed by atoms with Crippen molar-refractivity contribution in [3.8, 4) is 11.5 Å². The molecule has 1 saturated heterocycles. The molecule has 1 unspecified atom stereocenters. The minimum Gasteiger partial charge on any atom is -0.454 e. The van der Waals surface area contributed by atoms with Crippen molar-refractivity contribution < 1.29 is 14.3 Å². The molecule has 6 nitrogen and oxygen atoms in total. The smallest absolute Gasteiger partial charge is 0.236 e. The predicted molar refractivity (Wildman–Crippen MR) is 138 cm³/mol. The number of piperidine rings is 1. The number of benzene rings is 2. The molecule has 1 aliphatic carbocycles. The van der Waals surface area contributed by atoms with Crippen LogP contribution in [0.15, 0.2) is 48.7 Å². The van der Waals surface area contributed by atoms with Gasteiger partial charge in [-0.2, -0.15) is 0 Å². The Morgan fingerprint density at radius 1 is 1.11 bits per heavy atom. The molecular formula is C27H28ClN3O3S. The van der Waals surface area contributed by atoms with Crippen LogP contribution < -0.4 is 14.8 Å². The lowest BCUT2D eigenvalue weighted by Crippen LogP contribution is -2.34. The molecule has 2 fully saturated rings. The summed E-state index contributed by atoms with van der Waals surface area (Å²) in [5.41, 5.74) is 1.60. The van der Waals surface area contributed by atoms with Gasteiger partial charge >= 0.3 is 0 Å². The number of hydrogen-bond acceptors (Lipinski definition) is 6. The summed E-state index contributed by atoms with van der Waals surface area (Å²) in [6.07, 6.45) is 8.09. The Kier molecular flexibility index (Phi) is 6.16. The average Bonchev–Trinajstić information content (AvgIpc) is 3.34. The van der Waals surface area contributed by atoms with Crippen molar-refractivity contribution in [1.82, 2.24) is 9.88 Å². The van der Waals surface area contributed by atoms with E-state index >= 15 is 0 Å². The van der Waals surface area contributed by atoms with E-state index in [-0.39, 0.29) is 18.7 Å². The summed E-state index contributed by atoms with van der Waals surface area (Å²) in [4.78, 5) is 21.7. The van der Waals surface area contributed by atoms with Crippen molar-refractivity contribution in [3.63, 3.8) is 0 Å². The largest absolute Gasteiger partial charge is 0.454 e. The summed E-state index contributed by atoms with van der Waals surface area (Å²) in [6, 6.07) is 14.1. The second-order valence-corrected chi connectivity index (χ2v) is 11.0. The molecule has 2 aliphatic heterocycles. The molecule has 1 N–H and O–H groups in total. The van der Waals surface area contributed by atoms with Crippen LogP contribution in [0, 0.1) is 0 Å². The van der Waals surface area contributed by atoms with E-state index in [1.165, 1.54) is 19.3 Å². The maximum atomic E-state index is 13.4. The van der Waals surface area contributed by atoms with Crippen molar-refractivity contribution in [3.05, 3.63) is 69.7 Å². The minimum atomic E-state index is -0.517. The van der Waals surface area contributed by atoms with Crippen LogP contribution in [0.2, 0.25) is 5.02 Å². The fourth-order valence-corrected chi connectivity index (χ4v) is 6.35. The molecule has 0 spiro atoms. The molecule has 3 heterocycles. The van der Waals surface area contributed by atoms with Crippen molar-refractivity contribution >= 4 is 34.0 Å². The van der Waals surface area contributed by atoms with Crippen molar-refractivity contribution in [1.29, 1.82) is 0 Å². The molecule has 6 rings (SSSR count). The van der Waals surface area contributed by atoms with E-state index in [1.807, 2.05) is 42.6 Å². The maximum Gasteiger partial charge on any atom is 0.236 e. The van der Waals surface area contributed by atoms with Gasteiger partial charge in [0, 0.05) is 22.1 Å². The van der Waals surface area contributed by atoms with E-state index in [0.29, 0.717) is 10.9 Å². The number of rotatable bonds is 7. The fraction of sp³-hybridized carbons (Fsp3) is 0.407. The van der Waals surface area contributed by atoms with Gasteiger partial charge in [-0.15, -0.1) is 11.3 Å². The Hall–Kier alpha value is -2.61. The number of nitrogens with one attached hydrogen (secondary N) is 1. The van der Waals surface area contributed by atoms with Gasteiger partial charge in [0.25, 0.3) is 0 Å². The topological polar surface area (TPSA) is 63.7 Å². The molecule has 1 saturated carbocycles. The Balaban J connectivity index is 1.21. The van der Waals surface area contributed by atoms with Gasteiger partial charge in [0.2, 0.25) is 12.7 Å². The summed E-state index contributed by atoms with van der Waals surface area (Å²) >= 11 is 8.09. The summed E-state index contributed by atoms with van der Waals surface area (Å²) in [6.45, 7) is 2.37. The van der Waals surface area contributed by atoms with Crippen LogP contribution in [0.3, 0.4) is 0 Å². The first-order valence-electron chi connectivity index (χ1n) is 12.3. The number of thiazole rings is 1. The van der Waals surface area contributed by atoms with Crippen LogP contribution in [0.5, 0.6) is 11.5 Å². The standard InChI is InChI=1S/C27H28ClN3O3S/c28-20-7-3-2-6-18(20)14-21(31-12-4-1-5-13-31)24-16-29-26(35-24)30-25(32)27(10-11-27)19-8-9-22-23(15-19)34-17-33-22/h2-3,6-9,15-16,21H,1,4-5,10-14,17H2,(H,29,30,32). The fourth-order valence-electron chi connectivity index (χ4n) is 5.19. The number of carbonyl (C=O) groups is 1. The van der Waals surface area contributed by atoms with Gasteiger partial charge in [-0.05, 0) is 74.5 Å². The minimum absolute atomic E-state index is 0.00195. The first-order valence-corrected chi connectivity index (χ1v) is 13.5. The van der Waals surface area contributed by atoms with Crippen molar-refractivity contribution in [2.45, 2.75) is 50.0 Å². The van der Waals surface area contributed by atoms with Crippen LogP contribution in [-0.4, -0.2) is 35.7 Å². The van der Waals surface area contributed by atoms with Crippen LogP contribution in [0.25, 0.3) is 0 Å². The Bertz CT molecular complexity index is 1240. The molecule has 0 bridgehead atoms. The third-order valence-electron chi connectivity index (χ3n) is 7.38. The zero-order chi connectivity index (χ0) is 23.8. The van der Waals surface area contributed by atoms with Crippen molar-refractivity contribution in [2.24, 2.45) is 0 Å². The molecule has 1 amide bonds. The predicted octanol–water partition coefficient (Wildman–Crippen LogP) is 5.97. The monoisotopic (exact) mass is 509 g/mol. The van der Waals surface area contributed by atoms with Crippen molar-refractivity contribution in [2.75, 3.05) is 25.2 Å². The summed E-state index contributed by atoms with van der Waals surface area (Å²) in [5.74, 6) is 1.44. The number of hydrogen-bond donors (Lipinski definition) is 1. The number of carbonyl (C=O) groups excluding carboxylic acids is 1. The Morgan fingerprint density at radius 3 is 2.71 bits per heavy atom. The van der Waals surface area contributed by atoms with Gasteiger partial charge in [0.05, 0.1) is 5.41 Å². The lowest BCUT2D eigenvalue weighted by atomic mass is 9.94. The van der Waals surface area contributed by atoms with E-state index in [4.69, 9.17) is 21.1 Å². The molecule has 1 aromatic heterocycles. The number of likely N-dealkylation sites (tertiary alicyclic amines) is 1. The molecule has 3 aliphatic rings. The second kappa shape index (κ2) is 9.45. The molecule has 35 heavy (non-hydrogen) atoms. The molecule has 1 atom stereocenters. The molecule has 2 aromatic carbocycles. The highest BCUT2D eigenvalue weighted by atomic mass is 35.5. The SMILES string of the molecule is O=C(Nc1ncc(C(Cc2ccccc2Cl)N2CCCCC2)s1)C1(c2ccc3c(c2)OCO3)CC1. The average molecular weight is 510 g/mol. The van der Waals surface area contributed by atoms with E-state index < -0.39 is 5.41 Å². The zero-order valence-electron chi connectivity index (χ0n) is 19.5. The highest BCUT2D eigenvalue weighted by Gasteiger charge is 2.52. The number of ether oxygens (including phenoxy) is 2. The van der Waals surface area contributed by atoms with E-state index in [1.54, 1.807) is 11.3 Å². The third-order valence-corrected chi connectivity index (χ3v) is 8.77. The summed E-state index contributed by atoms with van der Waals surface area (Å²) in [5, 5.41) is 4.57. The summed E-state index contributed by atoms with van der Waals surface area (Å²) < 4.78 is 11.0. The van der Waals surface area contributed by atoms with Gasteiger partial charge in [-0.3, -0.25) is 9.69 Å². The summed E-state index contributed by atoms with van der Waals surface area (Å²) in [7, 11) is 0. The van der Waals surface area contributed by atoms with Gasteiger partial charge < -0.3 is 14.8 Å². The molecular weight excluding hydrogens is 482 g/mol. The van der Waals surface area contributed by atoms with E-state index in [0.717, 1.165) is 59.1 Å². The number of amides is 1.